The maximum Gasteiger partial charge on any atom is 0.129 e. The van der Waals surface area contributed by atoms with Crippen molar-refractivity contribution < 1.29 is 0 Å². The van der Waals surface area contributed by atoms with Crippen molar-refractivity contribution in [2.45, 2.75) is 32.2 Å². The molecule has 1 atom stereocenters. The zero-order valence-electron chi connectivity index (χ0n) is 9.32. The fraction of sp³-hybridized carbons (Fsp3) is 0.583. The second kappa shape index (κ2) is 4.62. The van der Waals surface area contributed by atoms with Crippen molar-refractivity contribution in [3.8, 4) is 0 Å². The third-order valence-corrected chi connectivity index (χ3v) is 3.07. The molecule has 1 aromatic heterocycles. The quantitative estimate of drug-likeness (QED) is 0.799. The van der Waals surface area contributed by atoms with Crippen LogP contribution < -0.4 is 10.6 Å². The highest BCUT2D eigenvalue weighted by Gasteiger charge is 2.21. The first kappa shape index (κ1) is 10.4. The lowest BCUT2D eigenvalue weighted by Gasteiger charge is -2.36. The van der Waals surface area contributed by atoms with Crippen molar-refractivity contribution in [1.29, 1.82) is 0 Å². The molecule has 1 aliphatic rings. The van der Waals surface area contributed by atoms with E-state index in [1.165, 1.54) is 19.3 Å². The topological polar surface area (TPSA) is 42.1 Å². The van der Waals surface area contributed by atoms with Crippen molar-refractivity contribution in [3.63, 3.8) is 0 Å². The number of aromatic nitrogens is 1. The monoisotopic (exact) mass is 205 g/mol. The molecule has 1 saturated heterocycles. The number of nitrogens with zero attached hydrogens (tertiary/aromatic N) is 2. The first-order valence-corrected chi connectivity index (χ1v) is 5.71. The summed E-state index contributed by atoms with van der Waals surface area (Å²) in [5.41, 5.74) is 6.88. The molecule has 0 saturated carbocycles. The summed E-state index contributed by atoms with van der Waals surface area (Å²) >= 11 is 0. The van der Waals surface area contributed by atoms with E-state index < -0.39 is 0 Å². The Morgan fingerprint density at radius 1 is 1.47 bits per heavy atom. The van der Waals surface area contributed by atoms with E-state index in [9.17, 15) is 0 Å². The number of pyridine rings is 1. The van der Waals surface area contributed by atoms with Gasteiger partial charge >= 0.3 is 0 Å². The summed E-state index contributed by atoms with van der Waals surface area (Å²) in [5, 5.41) is 0. The Balaban J connectivity index is 2.20. The second-order valence-electron chi connectivity index (χ2n) is 4.22. The Morgan fingerprint density at radius 3 is 3.07 bits per heavy atom. The largest absolute Gasteiger partial charge is 0.352 e. The Morgan fingerprint density at radius 2 is 2.33 bits per heavy atom. The summed E-state index contributed by atoms with van der Waals surface area (Å²) in [6.45, 7) is 3.86. The second-order valence-corrected chi connectivity index (χ2v) is 4.22. The minimum absolute atomic E-state index is 0.480. The molecule has 2 heterocycles. The van der Waals surface area contributed by atoms with Gasteiger partial charge < -0.3 is 10.6 Å². The molecule has 1 aromatic rings. The molecule has 1 unspecified atom stereocenters. The number of rotatable bonds is 2. The van der Waals surface area contributed by atoms with Crippen molar-refractivity contribution in [1.82, 2.24) is 4.98 Å². The standard InChI is InChI=1S/C12H19N3/c1-10-5-4-7-12(14-10)15-8-3-2-6-11(15)9-13/h4-5,7,11H,2-3,6,8-9,13H2,1H3. The van der Waals surface area contributed by atoms with Crippen LogP contribution in [-0.4, -0.2) is 24.1 Å². The van der Waals surface area contributed by atoms with Crippen LogP contribution in [-0.2, 0) is 0 Å². The number of nitrogens with two attached hydrogens (primary N) is 1. The van der Waals surface area contributed by atoms with E-state index in [0.29, 0.717) is 6.04 Å². The molecule has 82 valence electrons. The van der Waals surface area contributed by atoms with Gasteiger partial charge in [0.15, 0.2) is 0 Å². The molecule has 0 radical (unpaired) electrons. The maximum atomic E-state index is 5.80. The van der Waals surface area contributed by atoms with Crippen LogP contribution in [0.25, 0.3) is 0 Å². The number of hydrogen-bond acceptors (Lipinski definition) is 3. The van der Waals surface area contributed by atoms with Gasteiger partial charge in [-0.3, -0.25) is 0 Å². The van der Waals surface area contributed by atoms with Crippen molar-refractivity contribution in [2.24, 2.45) is 5.73 Å². The SMILES string of the molecule is Cc1cccc(N2CCCCC2CN)n1. The fourth-order valence-electron chi connectivity index (χ4n) is 2.24. The lowest BCUT2D eigenvalue weighted by atomic mass is 10.0. The minimum Gasteiger partial charge on any atom is -0.352 e. The summed E-state index contributed by atoms with van der Waals surface area (Å²) in [6, 6.07) is 6.67. The molecule has 1 aliphatic heterocycles. The molecule has 0 amide bonds. The van der Waals surface area contributed by atoms with Gasteiger partial charge in [-0.1, -0.05) is 6.07 Å². The number of aryl methyl sites for hydroxylation is 1. The van der Waals surface area contributed by atoms with Gasteiger partial charge in [-0.2, -0.15) is 0 Å². The molecule has 3 heteroatoms. The molecular formula is C12H19N3. The zero-order chi connectivity index (χ0) is 10.7. The summed E-state index contributed by atoms with van der Waals surface area (Å²) in [7, 11) is 0. The van der Waals surface area contributed by atoms with Crippen LogP contribution >= 0.6 is 0 Å². The van der Waals surface area contributed by atoms with E-state index in [1.54, 1.807) is 0 Å². The Bertz CT molecular complexity index is 324. The highest BCUT2D eigenvalue weighted by Crippen LogP contribution is 2.22. The van der Waals surface area contributed by atoms with Crippen LogP contribution in [0, 0.1) is 6.92 Å². The molecule has 2 N–H and O–H groups in total. The van der Waals surface area contributed by atoms with Gasteiger partial charge in [0.1, 0.15) is 5.82 Å². The lowest BCUT2D eigenvalue weighted by Crippen LogP contribution is -2.44. The van der Waals surface area contributed by atoms with Crippen LogP contribution in [0.15, 0.2) is 18.2 Å². The normalized spacial score (nSPS) is 21.7. The number of anilines is 1. The van der Waals surface area contributed by atoms with E-state index in [-0.39, 0.29) is 0 Å². The van der Waals surface area contributed by atoms with Crippen LogP contribution in [0.1, 0.15) is 25.0 Å². The third-order valence-electron chi connectivity index (χ3n) is 3.07. The first-order chi connectivity index (χ1) is 7.31. The summed E-state index contributed by atoms with van der Waals surface area (Å²) in [5.74, 6) is 1.09. The van der Waals surface area contributed by atoms with Crippen molar-refractivity contribution in [3.05, 3.63) is 23.9 Å². The molecule has 15 heavy (non-hydrogen) atoms. The van der Waals surface area contributed by atoms with Gasteiger partial charge in [0.05, 0.1) is 0 Å². The van der Waals surface area contributed by atoms with Crippen LogP contribution in [0.3, 0.4) is 0 Å². The van der Waals surface area contributed by atoms with Crippen molar-refractivity contribution in [2.75, 3.05) is 18.0 Å². The zero-order valence-corrected chi connectivity index (χ0v) is 9.32. The van der Waals surface area contributed by atoms with E-state index in [0.717, 1.165) is 24.6 Å². The van der Waals surface area contributed by atoms with E-state index >= 15 is 0 Å². The molecule has 0 aromatic carbocycles. The predicted octanol–water partition coefficient (Wildman–Crippen LogP) is 1.71. The smallest absolute Gasteiger partial charge is 0.129 e. The summed E-state index contributed by atoms with van der Waals surface area (Å²) < 4.78 is 0. The van der Waals surface area contributed by atoms with Gasteiger partial charge in [0, 0.05) is 24.8 Å². The van der Waals surface area contributed by atoms with Gasteiger partial charge in [0.25, 0.3) is 0 Å². The maximum absolute atomic E-state index is 5.80. The molecular weight excluding hydrogens is 186 g/mol. The highest BCUT2D eigenvalue weighted by atomic mass is 15.2. The highest BCUT2D eigenvalue weighted by molar-refractivity contribution is 5.41. The third kappa shape index (κ3) is 2.29. The lowest BCUT2D eigenvalue weighted by molar-refractivity contribution is 0.462. The fourth-order valence-corrected chi connectivity index (χ4v) is 2.24. The van der Waals surface area contributed by atoms with E-state index in [4.69, 9.17) is 5.73 Å². The van der Waals surface area contributed by atoms with Gasteiger partial charge in [-0.15, -0.1) is 0 Å². The predicted molar refractivity (Wildman–Crippen MR) is 63.0 cm³/mol. The average Bonchev–Trinajstić information content (AvgIpc) is 2.29. The molecule has 2 rings (SSSR count). The number of piperidine rings is 1. The van der Waals surface area contributed by atoms with Crippen LogP contribution in [0.5, 0.6) is 0 Å². The molecule has 0 bridgehead atoms. The van der Waals surface area contributed by atoms with Gasteiger partial charge in [-0.25, -0.2) is 4.98 Å². The van der Waals surface area contributed by atoms with E-state index in [1.807, 2.05) is 13.0 Å². The Kier molecular flexibility index (Phi) is 3.21. The molecule has 3 nitrogen and oxygen atoms in total. The molecule has 1 fully saturated rings. The first-order valence-electron chi connectivity index (χ1n) is 5.71. The van der Waals surface area contributed by atoms with Crippen molar-refractivity contribution >= 4 is 5.82 Å². The van der Waals surface area contributed by atoms with Gasteiger partial charge in [-0.05, 0) is 38.3 Å². The average molecular weight is 205 g/mol. The van der Waals surface area contributed by atoms with Crippen LogP contribution in [0.2, 0.25) is 0 Å². The Hall–Kier alpha value is -1.09. The number of hydrogen-bond donors (Lipinski definition) is 1. The minimum atomic E-state index is 0.480. The van der Waals surface area contributed by atoms with E-state index in [2.05, 4.69) is 22.0 Å². The summed E-state index contributed by atoms with van der Waals surface area (Å²) in [6.07, 6.45) is 3.75. The summed E-state index contributed by atoms with van der Waals surface area (Å²) in [4.78, 5) is 6.92. The molecule has 0 spiro atoms. The molecule has 0 aliphatic carbocycles. The van der Waals surface area contributed by atoms with Gasteiger partial charge in [0.2, 0.25) is 0 Å². The Labute approximate surface area is 91.3 Å². The van der Waals surface area contributed by atoms with Crippen LogP contribution in [0.4, 0.5) is 5.82 Å².